The predicted molar refractivity (Wildman–Crippen MR) is 62.5 cm³/mol. The molecular weight excluding hydrogens is 277 g/mol. The van der Waals surface area contributed by atoms with Gasteiger partial charge in [-0.1, -0.05) is 6.08 Å². The highest BCUT2D eigenvalue weighted by Crippen LogP contribution is 2.28. The molecule has 0 aliphatic heterocycles. The van der Waals surface area contributed by atoms with Gasteiger partial charge in [0.05, 0.1) is 17.7 Å². The number of nitrogens with one attached hydrogen (secondary N) is 2. The van der Waals surface area contributed by atoms with Crippen molar-refractivity contribution < 1.29 is 22.8 Å². The number of hydrogen-bond acceptors (Lipinski definition) is 4. The summed E-state index contributed by atoms with van der Waals surface area (Å²) in [7, 11) is 0. The Morgan fingerprint density at radius 2 is 2.30 bits per heavy atom. The van der Waals surface area contributed by atoms with Crippen LogP contribution < -0.4 is 5.48 Å². The molecule has 0 spiro atoms. The molecule has 0 saturated heterocycles. The molecule has 2 rings (SSSR count). The van der Waals surface area contributed by atoms with E-state index >= 15 is 0 Å². The zero-order chi connectivity index (χ0) is 14.8. The maximum absolute atomic E-state index is 12.5. The second-order valence-corrected chi connectivity index (χ2v) is 3.71. The second kappa shape index (κ2) is 5.29. The number of hydroxylamine groups is 1. The smallest absolute Gasteiger partial charge is 0.333 e. The molecular formula is C11H9F3N4O2. The number of nitrogens with zero attached hydrogens (tertiary/aromatic N) is 2. The summed E-state index contributed by atoms with van der Waals surface area (Å²) in [5.41, 5.74) is 2.02. The van der Waals surface area contributed by atoms with Crippen molar-refractivity contribution >= 4 is 17.1 Å². The van der Waals surface area contributed by atoms with E-state index in [9.17, 15) is 18.0 Å². The van der Waals surface area contributed by atoms with Gasteiger partial charge in [0.25, 0.3) is 5.91 Å². The van der Waals surface area contributed by atoms with E-state index < -0.39 is 17.9 Å². The van der Waals surface area contributed by atoms with Gasteiger partial charge in [-0.25, -0.2) is 15.4 Å². The number of carbonyl (C=O) groups excluding carboxylic acids is 1. The lowest BCUT2D eigenvalue weighted by molar-refractivity contribution is -0.144. The first kappa shape index (κ1) is 14.0. The molecule has 6 nitrogen and oxygen atoms in total. The van der Waals surface area contributed by atoms with Crippen LogP contribution in [0.15, 0.2) is 24.9 Å². The van der Waals surface area contributed by atoms with E-state index in [-0.39, 0.29) is 23.3 Å². The van der Waals surface area contributed by atoms with Gasteiger partial charge in [0.15, 0.2) is 5.65 Å². The van der Waals surface area contributed by atoms with Gasteiger partial charge in [0.1, 0.15) is 0 Å². The summed E-state index contributed by atoms with van der Waals surface area (Å²) in [6, 6.07) is 1.21. The van der Waals surface area contributed by atoms with Crippen molar-refractivity contribution in [3.63, 3.8) is 0 Å². The minimum absolute atomic E-state index is 0.00805. The number of halogens is 3. The van der Waals surface area contributed by atoms with E-state index in [0.717, 1.165) is 6.20 Å². The largest absolute Gasteiger partial charge is 0.449 e. The van der Waals surface area contributed by atoms with Crippen LogP contribution in [0, 0.1) is 0 Å². The molecule has 0 fully saturated rings. The van der Waals surface area contributed by atoms with Crippen molar-refractivity contribution in [2.45, 2.75) is 6.18 Å². The summed E-state index contributed by atoms with van der Waals surface area (Å²) in [6.45, 7) is 3.49. The van der Waals surface area contributed by atoms with E-state index in [0.29, 0.717) is 0 Å². The van der Waals surface area contributed by atoms with Crippen LogP contribution in [0.2, 0.25) is 0 Å². The van der Waals surface area contributed by atoms with Gasteiger partial charge in [0, 0.05) is 6.20 Å². The van der Waals surface area contributed by atoms with Gasteiger partial charge in [-0.15, -0.1) is 6.58 Å². The highest BCUT2D eigenvalue weighted by atomic mass is 19.4. The lowest BCUT2D eigenvalue weighted by Crippen LogP contribution is -2.23. The number of imidazole rings is 1. The summed E-state index contributed by atoms with van der Waals surface area (Å²) in [4.78, 5) is 25.4. The number of aromatic nitrogens is 3. The Morgan fingerprint density at radius 3 is 2.95 bits per heavy atom. The molecule has 2 heterocycles. The average Bonchev–Trinajstić information content (AvgIpc) is 2.81. The zero-order valence-corrected chi connectivity index (χ0v) is 9.99. The Kier molecular flexibility index (Phi) is 3.70. The average molecular weight is 286 g/mol. The third kappa shape index (κ3) is 2.94. The van der Waals surface area contributed by atoms with E-state index in [4.69, 9.17) is 4.84 Å². The van der Waals surface area contributed by atoms with Crippen molar-refractivity contribution in [1.82, 2.24) is 20.4 Å². The Labute approximate surface area is 110 Å². The number of carbonyl (C=O) groups is 1. The van der Waals surface area contributed by atoms with Crippen molar-refractivity contribution in [2.24, 2.45) is 0 Å². The zero-order valence-electron chi connectivity index (χ0n) is 9.99. The number of alkyl halides is 3. The van der Waals surface area contributed by atoms with Crippen LogP contribution in [0.25, 0.3) is 11.2 Å². The standard InChI is InChI=1S/C11H9F3N4O2/c1-2-3-20-18-9(19)6-4-7-8(15-5-6)17-10(16-7)11(12,13)14/h2,4-5H,1,3H2,(H,18,19)(H,15,16,17). The molecule has 0 unspecified atom stereocenters. The van der Waals surface area contributed by atoms with Crippen molar-refractivity contribution in [2.75, 3.05) is 6.61 Å². The third-order valence-electron chi connectivity index (χ3n) is 2.23. The number of aromatic amines is 1. The number of H-pyrrole nitrogens is 1. The van der Waals surface area contributed by atoms with Crippen LogP contribution in [-0.4, -0.2) is 27.5 Å². The molecule has 0 aliphatic carbocycles. The topological polar surface area (TPSA) is 79.9 Å². The first-order valence-electron chi connectivity index (χ1n) is 5.38. The van der Waals surface area contributed by atoms with Crippen LogP contribution in [0.4, 0.5) is 13.2 Å². The minimum atomic E-state index is -4.60. The van der Waals surface area contributed by atoms with Crippen LogP contribution in [0.5, 0.6) is 0 Å². The SMILES string of the molecule is C=CCONC(=O)c1cnc2nc(C(F)(F)F)[nH]c2c1. The fourth-order valence-corrected chi connectivity index (χ4v) is 1.38. The van der Waals surface area contributed by atoms with Crippen LogP contribution in [-0.2, 0) is 11.0 Å². The molecule has 0 aliphatic rings. The number of rotatable bonds is 4. The Bertz CT molecular complexity index is 651. The molecule has 0 radical (unpaired) electrons. The predicted octanol–water partition coefficient (Wildman–Crippen LogP) is 1.82. The fraction of sp³-hybridized carbons (Fsp3) is 0.182. The first-order valence-corrected chi connectivity index (χ1v) is 5.38. The van der Waals surface area contributed by atoms with Crippen LogP contribution in [0.1, 0.15) is 16.2 Å². The molecule has 0 saturated carbocycles. The minimum Gasteiger partial charge on any atom is -0.333 e. The van der Waals surface area contributed by atoms with Crippen molar-refractivity contribution in [1.29, 1.82) is 0 Å². The van der Waals surface area contributed by atoms with Crippen LogP contribution >= 0.6 is 0 Å². The summed E-state index contributed by atoms with van der Waals surface area (Å²) < 4.78 is 37.4. The highest BCUT2D eigenvalue weighted by molar-refractivity contribution is 5.95. The Morgan fingerprint density at radius 1 is 1.55 bits per heavy atom. The Balaban J connectivity index is 2.25. The summed E-state index contributed by atoms with van der Waals surface area (Å²) >= 11 is 0. The van der Waals surface area contributed by atoms with Gasteiger partial charge >= 0.3 is 6.18 Å². The van der Waals surface area contributed by atoms with Gasteiger partial charge in [-0.2, -0.15) is 13.2 Å². The monoisotopic (exact) mass is 286 g/mol. The van der Waals surface area contributed by atoms with Crippen molar-refractivity contribution in [3.05, 3.63) is 36.3 Å². The second-order valence-electron chi connectivity index (χ2n) is 3.71. The number of amides is 1. The van der Waals surface area contributed by atoms with Crippen molar-refractivity contribution in [3.8, 4) is 0 Å². The molecule has 2 N–H and O–H groups in total. The summed E-state index contributed by atoms with van der Waals surface area (Å²) in [5.74, 6) is -1.80. The summed E-state index contributed by atoms with van der Waals surface area (Å²) in [5, 5.41) is 0. The maximum Gasteiger partial charge on any atom is 0.449 e. The number of pyridine rings is 1. The Hall–Kier alpha value is -2.42. The molecule has 0 aromatic carbocycles. The molecule has 2 aromatic rings. The maximum atomic E-state index is 12.5. The normalized spacial score (nSPS) is 11.6. The lowest BCUT2D eigenvalue weighted by Gasteiger charge is -2.02. The first-order chi connectivity index (χ1) is 9.41. The molecule has 106 valence electrons. The number of fused-ring (bicyclic) bond motifs is 1. The molecule has 20 heavy (non-hydrogen) atoms. The highest BCUT2D eigenvalue weighted by Gasteiger charge is 2.35. The van der Waals surface area contributed by atoms with Gasteiger partial charge in [-0.05, 0) is 6.07 Å². The number of hydrogen-bond donors (Lipinski definition) is 2. The van der Waals surface area contributed by atoms with E-state index in [2.05, 4.69) is 27.0 Å². The molecule has 0 atom stereocenters. The molecule has 1 amide bonds. The summed E-state index contributed by atoms with van der Waals surface area (Å²) in [6.07, 6.45) is -2.07. The fourth-order valence-electron chi connectivity index (χ4n) is 1.38. The quantitative estimate of drug-likeness (QED) is 0.510. The molecule has 9 heteroatoms. The molecule has 2 aromatic heterocycles. The lowest BCUT2D eigenvalue weighted by atomic mass is 10.2. The van der Waals surface area contributed by atoms with Gasteiger partial charge in [0.2, 0.25) is 5.82 Å². The van der Waals surface area contributed by atoms with Gasteiger partial charge in [-0.3, -0.25) is 9.63 Å². The van der Waals surface area contributed by atoms with Crippen LogP contribution in [0.3, 0.4) is 0 Å². The van der Waals surface area contributed by atoms with E-state index in [1.807, 2.05) is 0 Å². The molecule has 0 bridgehead atoms. The van der Waals surface area contributed by atoms with E-state index in [1.165, 1.54) is 12.1 Å². The van der Waals surface area contributed by atoms with E-state index in [1.54, 1.807) is 0 Å². The third-order valence-corrected chi connectivity index (χ3v) is 2.23. The van der Waals surface area contributed by atoms with Gasteiger partial charge < -0.3 is 4.98 Å².